The van der Waals surface area contributed by atoms with E-state index >= 15 is 0 Å². The molecular formula is C28H29N. The van der Waals surface area contributed by atoms with Crippen LogP contribution in [0.1, 0.15) is 53.3 Å². The van der Waals surface area contributed by atoms with Gasteiger partial charge < -0.3 is 0 Å². The van der Waals surface area contributed by atoms with Crippen LogP contribution in [0.25, 0.3) is 10.9 Å². The highest BCUT2D eigenvalue weighted by molar-refractivity contribution is 5.79. The minimum absolute atomic E-state index is 0.276. The third-order valence-corrected chi connectivity index (χ3v) is 5.93. The molecule has 1 heteroatoms. The summed E-state index contributed by atoms with van der Waals surface area (Å²) in [6.45, 7) is 9.00. The Morgan fingerprint density at radius 1 is 0.759 bits per heavy atom. The summed E-state index contributed by atoms with van der Waals surface area (Å²) < 4.78 is 0. The highest BCUT2D eigenvalue weighted by Gasteiger charge is 2.24. The van der Waals surface area contributed by atoms with Gasteiger partial charge in [-0.15, -0.1) is 0 Å². The zero-order chi connectivity index (χ0) is 20.4. The average molecular weight is 380 g/mol. The quantitative estimate of drug-likeness (QED) is 0.356. The highest BCUT2D eigenvalue weighted by Crippen LogP contribution is 2.35. The molecule has 0 aliphatic rings. The van der Waals surface area contributed by atoms with Crippen LogP contribution in [-0.2, 0) is 6.42 Å². The maximum Gasteiger partial charge on any atom is 0.0705 e. The van der Waals surface area contributed by atoms with E-state index in [1.54, 1.807) is 0 Å². The fourth-order valence-corrected chi connectivity index (χ4v) is 4.22. The standard InChI is InChI=1S/C28H29N/c1-19(2)27(24-15-14-20(3)21(4)16-24)28-25(17-22-10-6-5-7-11-22)18-23-12-8-9-13-26(23)29-28/h5-16,18-19,27H,17H2,1-4H3. The third kappa shape index (κ3) is 4.10. The van der Waals surface area contributed by atoms with Crippen molar-refractivity contribution in [2.45, 2.75) is 40.0 Å². The molecule has 0 fully saturated rings. The summed E-state index contributed by atoms with van der Waals surface area (Å²) in [4.78, 5) is 5.22. The van der Waals surface area contributed by atoms with Crippen molar-refractivity contribution in [1.82, 2.24) is 4.98 Å². The van der Waals surface area contributed by atoms with Crippen molar-refractivity contribution in [1.29, 1.82) is 0 Å². The van der Waals surface area contributed by atoms with E-state index in [2.05, 4.69) is 107 Å². The Labute approximate surface area is 174 Å². The second-order valence-electron chi connectivity index (χ2n) is 8.45. The molecule has 1 nitrogen and oxygen atoms in total. The van der Waals surface area contributed by atoms with Crippen molar-refractivity contribution in [3.05, 3.63) is 112 Å². The molecule has 29 heavy (non-hydrogen) atoms. The van der Waals surface area contributed by atoms with Crippen LogP contribution in [-0.4, -0.2) is 4.98 Å². The molecule has 0 radical (unpaired) electrons. The SMILES string of the molecule is Cc1ccc(C(c2nc3ccccc3cc2Cc2ccccc2)C(C)C)cc1C. The predicted molar refractivity (Wildman–Crippen MR) is 124 cm³/mol. The van der Waals surface area contributed by atoms with Gasteiger partial charge in [-0.2, -0.15) is 0 Å². The van der Waals surface area contributed by atoms with Gasteiger partial charge in [0.15, 0.2) is 0 Å². The number of nitrogens with zero attached hydrogens (tertiary/aromatic N) is 1. The molecule has 3 aromatic carbocycles. The number of fused-ring (bicyclic) bond motifs is 1. The van der Waals surface area contributed by atoms with Crippen molar-refractivity contribution in [2.24, 2.45) is 5.92 Å². The van der Waals surface area contributed by atoms with Gasteiger partial charge >= 0.3 is 0 Å². The molecule has 4 aromatic rings. The summed E-state index contributed by atoms with van der Waals surface area (Å²) in [5.41, 5.74) is 8.99. The normalized spacial score (nSPS) is 12.4. The van der Waals surface area contributed by atoms with Crippen molar-refractivity contribution < 1.29 is 0 Å². The molecule has 4 rings (SSSR count). The lowest BCUT2D eigenvalue weighted by molar-refractivity contribution is 0.549. The van der Waals surface area contributed by atoms with Crippen molar-refractivity contribution >= 4 is 10.9 Å². The maximum atomic E-state index is 5.22. The Kier molecular flexibility index (Phi) is 5.49. The lowest BCUT2D eigenvalue weighted by Gasteiger charge is -2.25. The van der Waals surface area contributed by atoms with Gasteiger partial charge in [-0.05, 0) is 66.1 Å². The molecule has 0 aliphatic carbocycles. The van der Waals surface area contributed by atoms with Crippen LogP contribution in [0.15, 0.2) is 78.9 Å². The summed E-state index contributed by atoms with van der Waals surface area (Å²) in [6, 6.07) is 28.4. The van der Waals surface area contributed by atoms with Gasteiger partial charge in [0.25, 0.3) is 0 Å². The second kappa shape index (κ2) is 8.21. The number of rotatable bonds is 5. The van der Waals surface area contributed by atoms with E-state index in [4.69, 9.17) is 4.98 Å². The summed E-state index contributed by atoms with van der Waals surface area (Å²) in [5.74, 6) is 0.734. The zero-order valence-corrected chi connectivity index (χ0v) is 17.8. The van der Waals surface area contributed by atoms with Crippen LogP contribution in [0.3, 0.4) is 0 Å². The number of para-hydroxylation sites is 1. The number of hydrogen-bond acceptors (Lipinski definition) is 1. The molecule has 1 unspecified atom stereocenters. The molecule has 0 aliphatic heterocycles. The van der Waals surface area contributed by atoms with Gasteiger partial charge in [-0.25, -0.2) is 0 Å². The van der Waals surface area contributed by atoms with E-state index in [1.807, 2.05) is 0 Å². The third-order valence-electron chi connectivity index (χ3n) is 5.93. The monoisotopic (exact) mass is 379 g/mol. The van der Waals surface area contributed by atoms with Gasteiger partial charge in [0.1, 0.15) is 0 Å². The molecule has 146 valence electrons. The Hall–Kier alpha value is -2.93. The number of aryl methyl sites for hydroxylation is 2. The van der Waals surface area contributed by atoms with Crippen molar-refractivity contribution in [2.75, 3.05) is 0 Å². The Balaban J connectivity index is 1.90. The molecule has 0 N–H and O–H groups in total. The summed E-state index contributed by atoms with van der Waals surface area (Å²) in [7, 11) is 0. The summed E-state index contributed by atoms with van der Waals surface area (Å²) in [6.07, 6.45) is 0.905. The number of hydrogen-bond donors (Lipinski definition) is 0. The van der Waals surface area contributed by atoms with E-state index in [0.717, 1.165) is 11.9 Å². The minimum atomic E-state index is 0.276. The minimum Gasteiger partial charge on any atom is -0.252 e. The lowest BCUT2D eigenvalue weighted by Crippen LogP contribution is -2.14. The molecule has 1 aromatic heterocycles. The molecule has 1 heterocycles. The first kappa shape index (κ1) is 19.4. The first-order chi connectivity index (χ1) is 14.0. The molecule has 0 bridgehead atoms. The van der Waals surface area contributed by atoms with Gasteiger partial charge in [-0.3, -0.25) is 4.98 Å². The topological polar surface area (TPSA) is 12.9 Å². The van der Waals surface area contributed by atoms with E-state index in [1.165, 1.54) is 38.9 Å². The van der Waals surface area contributed by atoms with Crippen molar-refractivity contribution in [3.63, 3.8) is 0 Å². The van der Waals surface area contributed by atoms with Gasteiger partial charge in [0, 0.05) is 11.3 Å². The molecule has 1 atom stereocenters. The molecular weight excluding hydrogens is 350 g/mol. The fourth-order valence-electron chi connectivity index (χ4n) is 4.22. The van der Waals surface area contributed by atoms with Crippen LogP contribution < -0.4 is 0 Å². The molecule has 0 saturated heterocycles. The van der Waals surface area contributed by atoms with Crippen LogP contribution in [0.4, 0.5) is 0 Å². The first-order valence-corrected chi connectivity index (χ1v) is 10.5. The Bertz CT molecular complexity index is 1130. The molecule has 0 saturated carbocycles. The van der Waals surface area contributed by atoms with E-state index in [9.17, 15) is 0 Å². The Morgan fingerprint density at radius 2 is 1.48 bits per heavy atom. The number of benzene rings is 3. The number of aromatic nitrogens is 1. The Morgan fingerprint density at radius 3 is 2.21 bits per heavy atom. The van der Waals surface area contributed by atoms with Gasteiger partial charge in [0.2, 0.25) is 0 Å². The van der Waals surface area contributed by atoms with Crippen LogP contribution >= 0.6 is 0 Å². The zero-order valence-electron chi connectivity index (χ0n) is 17.8. The van der Waals surface area contributed by atoms with Gasteiger partial charge in [-0.1, -0.05) is 80.6 Å². The van der Waals surface area contributed by atoms with E-state index < -0.39 is 0 Å². The predicted octanol–water partition coefficient (Wildman–Crippen LogP) is 7.23. The fraction of sp³-hybridized carbons (Fsp3) is 0.250. The average Bonchev–Trinajstić information content (AvgIpc) is 2.71. The van der Waals surface area contributed by atoms with E-state index in [-0.39, 0.29) is 5.92 Å². The largest absolute Gasteiger partial charge is 0.252 e. The van der Waals surface area contributed by atoms with Gasteiger partial charge in [0.05, 0.1) is 11.2 Å². The molecule has 0 spiro atoms. The second-order valence-corrected chi connectivity index (χ2v) is 8.45. The van der Waals surface area contributed by atoms with Crippen molar-refractivity contribution in [3.8, 4) is 0 Å². The summed E-state index contributed by atoms with van der Waals surface area (Å²) in [5, 5.41) is 1.21. The lowest BCUT2D eigenvalue weighted by atomic mass is 9.81. The maximum absolute atomic E-state index is 5.22. The first-order valence-electron chi connectivity index (χ1n) is 10.5. The number of pyridine rings is 1. The summed E-state index contributed by atoms with van der Waals surface area (Å²) >= 11 is 0. The van der Waals surface area contributed by atoms with E-state index in [0.29, 0.717) is 5.92 Å². The highest BCUT2D eigenvalue weighted by atomic mass is 14.7. The van der Waals surface area contributed by atoms with Crippen LogP contribution in [0.2, 0.25) is 0 Å². The smallest absolute Gasteiger partial charge is 0.0705 e. The van der Waals surface area contributed by atoms with Crippen LogP contribution in [0.5, 0.6) is 0 Å². The van der Waals surface area contributed by atoms with Crippen LogP contribution in [0, 0.1) is 19.8 Å². The molecule has 0 amide bonds.